The van der Waals surface area contributed by atoms with Crippen molar-refractivity contribution < 1.29 is 9.53 Å². The molecule has 3 heteroatoms. The highest BCUT2D eigenvalue weighted by atomic mass is 16.5. The van der Waals surface area contributed by atoms with Gasteiger partial charge in [0, 0.05) is 6.54 Å². The first-order valence-electron chi connectivity index (χ1n) is 3.45. The first-order chi connectivity index (χ1) is 4.68. The van der Waals surface area contributed by atoms with Crippen molar-refractivity contribution in [1.82, 2.24) is 4.90 Å². The first kappa shape index (κ1) is 7.54. The van der Waals surface area contributed by atoms with E-state index in [-0.39, 0.29) is 5.60 Å². The van der Waals surface area contributed by atoms with Crippen LogP contribution in [-0.4, -0.2) is 37.6 Å². The van der Waals surface area contributed by atoms with Gasteiger partial charge in [0.25, 0.3) is 6.47 Å². The lowest BCUT2D eigenvalue weighted by molar-refractivity contribution is -0.136. The lowest BCUT2D eigenvalue weighted by Crippen LogP contribution is -2.29. The molecular formula is C7H13NO2. The van der Waals surface area contributed by atoms with Gasteiger partial charge in [-0.3, -0.25) is 4.79 Å². The van der Waals surface area contributed by atoms with E-state index in [0.29, 0.717) is 6.47 Å². The number of ether oxygens (including phenoxy) is 1. The molecule has 0 heterocycles. The maximum Gasteiger partial charge on any atom is 0.293 e. The van der Waals surface area contributed by atoms with Gasteiger partial charge < -0.3 is 9.64 Å². The van der Waals surface area contributed by atoms with E-state index in [4.69, 9.17) is 4.74 Å². The molecule has 0 aliphatic heterocycles. The molecule has 1 saturated carbocycles. The van der Waals surface area contributed by atoms with E-state index < -0.39 is 0 Å². The number of hydrogen-bond acceptors (Lipinski definition) is 3. The molecule has 3 nitrogen and oxygen atoms in total. The molecule has 0 saturated heterocycles. The first-order valence-corrected chi connectivity index (χ1v) is 3.45. The number of rotatable bonds is 4. The van der Waals surface area contributed by atoms with Gasteiger partial charge in [-0.2, -0.15) is 0 Å². The van der Waals surface area contributed by atoms with Crippen LogP contribution in [0.5, 0.6) is 0 Å². The third-order valence-electron chi connectivity index (χ3n) is 1.71. The van der Waals surface area contributed by atoms with Crippen LogP contribution in [0.2, 0.25) is 0 Å². The molecule has 0 aromatic heterocycles. The molecule has 1 fully saturated rings. The molecule has 1 aliphatic carbocycles. The fraction of sp³-hybridized carbons (Fsp3) is 0.857. The van der Waals surface area contributed by atoms with E-state index in [1.165, 1.54) is 0 Å². The van der Waals surface area contributed by atoms with Crippen LogP contribution in [0.15, 0.2) is 0 Å². The number of carbonyl (C=O) groups excluding carboxylic acids is 1. The monoisotopic (exact) mass is 143 g/mol. The van der Waals surface area contributed by atoms with Gasteiger partial charge >= 0.3 is 0 Å². The maximum atomic E-state index is 10.0. The Kier molecular flexibility index (Phi) is 1.94. The summed E-state index contributed by atoms with van der Waals surface area (Å²) in [7, 11) is 3.96. The standard InChI is InChI=1S/C7H13NO2/c1-8(2)5-7(3-4-7)10-6-9/h6H,3-5H2,1-2H3. The Bertz CT molecular complexity index is 130. The number of nitrogens with zero attached hydrogens (tertiary/aromatic N) is 1. The third-order valence-corrected chi connectivity index (χ3v) is 1.71. The summed E-state index contributed by atoms with van der Waals surface area (Å²) in [6, 6.07) is 0. The van der Waals surface area contributed by atoms with Gasteiger partial charge in [-0.25, -0.2) is 0 Å². The molecule has 0 spiro atoms. The van der Waals surface area contributed by atoms with Crippen molar-refractivity contribution in [3.63, 3.8) is 0 Å². The summed E-state index contributed by atoms with van der Waals surface area (Å²) in [5, 5.41) is 0. The summed E-state index contributed by atoms with van der Waals surface area (Å²) in [5.74, 6) is 0. The Morgan fingerprint density at radius 1 is 1.60 bits per heavy atom. The zero-order valence-corrected chi connectivity index (χ0v) is 6.46. The molecule has 0 N–H and O–H groups in total. The van der Waals surface area contributed by atoms with Crippen molar-refractivity contribution in [3.8, 4) is 0 Å². The highest BCUT2D eigenvalue weighted by molar-refractivity contribution is 5.39. The van der Waals surface area contributed by atoms with E-state index in [1.807, 2.05) is 19.0 Å². The summed E-state index contributed by atoms with van der Waals surface area (Å²) < 4.78 is 4.93. The highest BCUT2D eigenvalue weighted by Crippen LogP contribution is 2.39. The van der Waals surface area contributed by atoms with Crippen molar-refractivity contribution in [2.75, 3.05) is 20.6 Å². The van der Waals surface area contributed by atoms with Crippen molar-refractivity contribution in [1.29, 1.82) is 0 Å². The fourth-order valence-electron chi connectivity index (χ4n) is 1.13. The van der Waals surface area contributed by atoms with Crippen LogP contribution in [0.1, 0.15) is 12.8 Å². The summed E-state index contributed by atoms with van der Waals surface area (Å²) in [6.45, 7) is 1.40. The SMILES string of the molecule is CN(C)CC1(OC=O)CC1. The van der Waals surface area contributed by atoms with Crippen LogP contribution in [-0.2, 0) is 9.53 Å². The minimum absolute atomic E-state index is 0.120. The van der Waals surface area contributed by atoms with E-state index >= 15 is 0 Å². The van der Waals surface area contributed by atoms with Gasteiger partial charge in [0.15, 0.2) is 0 Å². The van der Waals surface area contributed by atoms with Crippen molar-refractivity contribution in [2.24, 2.45) is 0 Å². The smallest absolute Gasteiger partial charge is 0.293 e. The Balaban J connectivity index is 2.30. The van der Waals surface area contributed by atoms with Gasteiger partial charge in [0.05, 0.1) is 0 Å². The number of likely N-dealkylation sites (N-methyl/N-ethyl adjacent to an activating group) is 1. The highest BCUT2D eigenvalue weighted by Gasteiger charge is 2.45. The molecule has 1 aliphatic rings. The Morgan fingerprint density at radius 3 is 2.50 bits per heavy atom. The summed E-state index contributed by atoms with van der Waals surface area (Å²) in [4.78, 5) is 12.0. The molecule has 0 aromatic carbocycles. The minimum atomic E-state index is -0.120. The van der Waals surface area contributed by atoms with Crippen LogP contribution in [0.3, 0.4) is 0 Å². The molecule has 0 bridgehead atoms. The molecule has 0 unspecified atom stereocenters. The van der Waals surface area contributed by atoms with Crippen LogP contribution in [0.4, 0.5) is 0 Å². The second-order valence-corrected chi connectivity index (χ2v) is 3.13. The van der Waals surface area contributed by atoms with Crippen molar-refractivity contribution in [3.05, 3.63) is 0 Å². The normalized spacial score (nSPS) is 20.7. The molecule has 0 amide bonds. The number of carbonyl (C=O) groups is 1. The predicted octanol–water partition coefficient (Wildman–Crippen LogP) is 0.254. The summed E-state index contributed by atoms with van der Waals surface area (Å²) in [6.07, 6.45) is 2.04. The lowest BCUT2D eigenvalue weighted by atomic mass is 10.3. The molecule has 0 radical (unpaired) electrons. The van der Waals surface area contributed by atoms with Crippen LogP contribution in [0, 0.1) is 0 Å². The molecule has 1 rings (SSSR count). The average Bonchev–Trinajstić information content (AvgIpc) is 2.47. The van der Waals surface area contributed by atoms with Gasteiger partial charge in [0.1, 0.15) is 5.60 Å². The molecular weight excluding hydrogens is 130 g/mol. The summed E-state index contributed by atoms with van der Waals surface area (Å²) >= 11 is 0. The maximum absolute atomic E-state index is 10.0. The van der Waals surface area contributed by atoms with Crippen LogP contribution in [0.25, 0.3) is 0 Å². The Hall–Kier alpha value is -0.570. The quantitative estimate of drug-likeness (QED) is 0.528. The second kappa shape index (κ2) is 2.58. The fourth-order valence-corrected chi connectivity index (χ4v) is 1.13. The van der Waals surface area contributed by atoms with E-state index in [2.05, 4.69) is 0 Å². The van der Waals surface area contributed by atoms with Crippen LogP contribution < -0.4 is 0 Å². The molecule has 0 aromatic rings. The zero-order chi connectivity index (χ0) is 7.61. The largest absolute Gasteiger partial charge is 0.460 e. The lowest BCUT2D eigenvalue weighted by Gasteiger charge is -2.17. The minimum Gasteiger partial charge on any atom is -0.460 e. The molecule has 0 atom stereocenters. The van der Waals surface area contributed by atoms with Crippen molar-refractivity contribution in [2.45, 2.75) is 18.4 Å². The average molecular weight is 143 g/mol. The van der Waals surface area contributed by atoms with Crippen LogP contribution >= 0.6 is 0 Å². The van der Waals surface area contributed by atoms with Gasteiger partial charge in [-0.05, 0) is 26.9 Å². The predicted molar refractivity (Wildman–Crippen MR) is 37.7 cm³/mol. The van der Waals surface area contributed by atoms with E-state index in [1.54, 1.807) is 0 Å². The second-order valence-electron chi connectivity index (χ2n) is 3.13. The third kappa shape index (κ3) is 1.70. The zero-order valence-electron chi connectivity index (χ0n) is 6.46. The van der Waals surface area contributed by atoms with Gasteiger partial charge in [0.2, 0.25) is 0 Å². The Labute approximate surface area is 61.0 Å². The van der Waals surface area contributed by atoms with E-state index in [9.17, 15) is 4.79 Å². The van der Waals surface area contributed by atoms with E-state index in [0.717, 1.165) is 19.4 Å². The number of hydrogen-bond donors (Lipinski definition) is 0. The van der Waals surface area contributed by atoms with Gasteiger partial charge in [-0.1, -0.05) is 0 Å². The molecule has 10 heavy (non-hydrogen) atoms. The Morgan fingerprint density at radius 2 is 2.20 bits per heavy atom. The topological polar surface area (TPSA) is 29.5 Å². The van der Waals surface area contributed by atoms with Gasteiger partial charge in [-0.15, -0.1) is 0 Å². The van der Waals surface area contributed by atoms with Crippen molar-refractivity contribution >= 4 is 6.47 Å². The summed E-state index contributed by atoms with van der Waals surface area (Å²) in [5.41, 5.74) is -0.120. The molecule has 58 valence electrons.